The van der Waals surface area contributed by atoms with Crippen LogP contribution in [0, 0.1) is 0 Å². The van der Waals surface area contributed by atoms with Crippen LogP contribution >= 0.6 is 0 Å². The lowest BCUT2D eigenvalue weighted by Gasteiger charge is -2.28. The van der Waals surface area contributed by atoms with E-state index in [9.17, 15) is 61.1 Å². The topological polar surface area (TPSA) is 34.1 Å². The van der Waals surface area contributed by atoms with Crippen LogP contribution in [0.5, 0.6) is 0 Å². The molecule has 0 saturated heterocycles. The predicted molar refractivity (Wildman–Crippen MR) is 64.1 cm³/mol. The van der Waals surface area contributed by atoms with E-state index in [0.717, 1.165) is 0 Å². The molecule has 0 fully saturated rings. The zero-order valence-corrected chi connectivity index (χ0v) is 13.5. The van der Waals surface area contributed by atoms with Crippen molar-refractivity contribution in [3.63, 3.8) is 0 Å². The molecule has 0 amide bonds. The second-order valence-electron chi connectivity index (χ2n) is 5.45. The van der Waals surface area contributed by atoms with Crippen molar-refractivity contribution in [3.05, 3.63) is 0 Å². The fraction of sp³-hybridized carbons (Fsp3) is 1.00. The summed E-state index contributed by atoms with van der Waals surface area (Å²) < 4.78 is 171. The third-order valence-corrected chi connectivity index (χ3v) is 5.64. The van der Waals surface area contributed by atoms with Crippen LogP contribution in [-0.4, -0.2) is 49.5 Å². The lowest BCUT2D eigenvalue weighted by molar-refractivity contribution is -0.354. The van der Waals surface area contributed by atoms with Gasteiger partial charge in [-0.25, -0.2) is 8.42 Å². The van der Waals surface area contributed by atoms with Crippen LogP contribution in [0.15, 0.2) is 0 Å². The van der Waals surface area contributed by atoms with Gasteiger partial charge in [0.25, 0.3) is 0 Å². The second kappa shape index (κ2) is 7.26. The second-order valence-corrected chi connectivity index (χ2v) is 7.98. The van der Waals surface area contributed by atoms with E-state index >= 15 is 0 Å². The first-order valence-electron chi connectivity index (χ1n) is 6.57. The molecular formula is C11H12F12O2S. The van der Waals surface area contributed by atoms with E-state index in [4.69, 9.17) is 0 Å². The summed E-state index contributed by atoms with van der Waals surface area (Å²) in [5.74, 6) is -19.6. The first-order chi connectivity index (χ1) is 11.1. The summed E-state index contributed by atoms with van der Waals surface area (Å²) in [5, 5.41) is -2.11. The standard InChI is InChI=1S/C11H12F12O2S/c1-6(2-3-8(14,15)10(18,19)20)26(24,25)5-4-7(12,13)9(16,17)11(21,22)23/h6H,2-5H2,1H3. The molecule has 0 radical (unpaired) electrons. The quantitative estimate of drug-likeness (QED) is 0.503. The molecule has 1 unspecified atom stereocenters. The Bertz CT molecular complexity index is 575. The molecule has 0 aliphatic rings. The first kappa shape index (κ1) is 25.1. The van der Waals surface area contributed by atoms with E-state index in [-0.39, 0.29) is 0 Å². The lowest BCUT2D eigenvalue weighted by Crippen LogP contribution is -2.52. The molecule has 0 aliphatic heterocycles. The summed E-state index contributed by atoms with van der Waals surface area (Å²) in [7, 11) is -4.95. The lowest BCUT2D eigenvalue weighted by atomic mass is 10.1. The molecule has 0 aromatic heterocycles. The van der Waals surface area contributed by atoms with Crippen LogP contribution in [0.4, 0.5) is 52.7 Å². The number of hydrogen-bond donors (Lipinski definition) is 0. The van der Waals surface area contributed by atoms with Crippen molar-refractivity contribution in [2.75, 3.05) is 5.75 Å². The Morgan fingerprint density at radius 2 is 1.12 bits per heavy atom. The summed E-state index contributed by atoms with van der Waals surface area (Å²) in [6.07, 6.45) is -18.6. The number of alkyl halides is 12. The number of halogens is 12. The van der Waals surface area contributed by atoms with Gasteiger partial charge in [-0.3, -0.25) is 0 Å². The minimum absolute atomic E-state index is 0.543. The molecule has 0 spiro atoms. The monoisotopic (exact) mass is 436 g/mol. The average Bonchev–Trinajstić information content (AvgIpc) is 2.40. The van der Waals surface area contributed by atoms with Crippen LogP contribution in [0.25, 0.3) is 0 Å². The van der Waals surface area contributed by atoms with E-state index in [2.05, 4.69) is 0 Å². The molecule has 0 aromatic carbocycles. The normalized spacial score (nSPS) is 16.7. The Morgan fingerprint density at radius 3 is 1.46 bits per heavy atom. The predicted octanol–water partition coefficient (Wildman–Crippen LogP) is 4.99. The van der Waals surface area contributed by atoms with Gasteiger partial charge in [0, 0.05) is 12.8 Å². The Labute approximate surface area is 139 Å². The zero-order valence-electron chi connectivity index (χ0n) is 12.7. The van der Waals surface area contributed by atoms with Crippen molar-refractivity contribution in [2.24, 2.45) is 0 Å². The SMILES string of the molecule is CC(CCC(F)(F)C(F)(F)F)S(=O)(=O)CCC(F)(F)C(F)(F)C(F)(F)F. The Balaban J connectivity index is 5.06. The Hall–Kier alpha value is -0.890. The molecule has 0 bridgehead atoms. The van der Waals surface area contributed by atoms with Crippen LogP contribution in [0.3, 0.4) is 0 Å². The van der Waals surface area contributed by atoms with Crippen LogP contribution in [0.2, 0.25) is 0 Å². The van der Waals surface area contributed by atoms with Gasteiger partial charge in [0.2, 0.25) is 0 Å². The molecule has 0 aromatic rings. The molecular weight excluding hydrogens is 424 g/mol. The average molecular weight is 436 g/mol. The maximum atomic E-state index is 13.0. The fourth-order valence-electron chi connectivity index (χ4n) is 1.54. The van der Waals surface area contributed by atoms with Crippen molar-refractivity contribution in [2.45, 2.75) is 61.6 Å². The molecule has 0 saturated carbocycles. The van der Waals surface area contributed by atoms with Crippen LogP contribution < -0.4 is 0 Å². The maximum absolute atomic E-state index is 13.0. The highest BCUT2D eigenvalue weighted by Gasteiger charge is 2.72. The van der Waals surface area contributed by atoms with Gasteiger partial charge in [-0.05, 0) is 13.3 Å². The van der Waals surface area contributed by atoms with Crippen molar-refractivity contribution in [3.8, 4) is 0 Å². The molecule has 0 rings (SSSR count). The van der Waals surface area contributed by atoms with Gasteiger partial charge in [0.05, 0.1) is 11.0 Å². The van der Waals surface area contributed by atoms with Crippen LogP contribution in [0.1, 0.15) is 26.2 Å². The molecule has 1 atom stereocenters. The van der Waals surface area contributed by atoms with Crippen molar-refractivity contribution < 1.29 is 61.1 Å². The molecule has 0 aliphatic carbocycles. The molecule has 15 heteroatoms. The Kier molecular flexibility index (Phi) is 7.01. The van der Waals surface area contributed by atoms with Crippen LogP contribution in [-0.2, 0) is 9.84 Å². The minimum atomic E-state index is -6.68. The largest absolute Gasteiger partial charge is 0.459 e. The molecule has 0 N–H and O–H groups in total. The highest BCUT2D eigenvalue weighted by Crippen LogP contribution is 2.48. The first-order valence-corrected chi connectivity index (χ1v) is 8.28. The summed E-state index contributed by atoms with van der Waals surface area (Å²) in [4.78, 5) is 0. The van der Waals surface area contributed by atoms with Gasteiger partial charge in [-0.1, -0.05) is 0 Å². The summed E-state index contributed by atoms with van der Waals surface area (Å²) in [6, 6.07) is 0. The fourth-order valence-corrected chi connectivity index (χ4v) is 2.96. The summed E-state index contributed by atoms with van der Waals surface area (Å²) in [6.45, 7) is 0.543. The molecule has 158 valence electrons. The number of rotatable bonds is 8. The third-order valence-electron chi connectivity index (χ3n) is 3.41. The highest BCUT2D eigenvalue weighted by atomic mass is 32.2. The van der Waals surface area contributed by atoms with E-state index < -0.39 is 70.2 Å². The molecule has 0 heterocycles. The van der Waals surface area contributed by atoms with E-state index in [1.807, 2.05) is 0 Å². The number of hydrogen-bond acceptors (Lipinski definition) is 2. The van der Waals surface area contributed by atoms with Gasteiger partial charge in [-0.15, -0.1) is 0 Å². The van der Waals surface area contributed by atoms with Crippen molar-refractivity contribution in [1.82, 2.24) is 0 Å². The van der Waals surface area contributed by atoms with Gasteiger partial charge in [0.15, 0.2) is 9.84 Å². The van der Waals surface area contributed by atoms with Gasteiger partial charge >= 0.3 is 30.1 Å². The summed E-state index contributed by atoms with van der Waals surface area (Å²) >= 11 is 0. The van der Waals surface area contributed by atoms with E-state index in [1.165, 1.54) is 0 Å². The number of sulfone groups is 1. The Morgan fingerprint density at radius 1 is 0.692 bits per heavy atom. The van der Waals surface area contributed by atoms with E-state index in [1.54, 1.807) is 0 Å². The van der Waals surface area contributed by atoms with Gasteiger partial charge < -0.3 is 0 Å². The maximum Gasteiger partial charge on any atom is 0.459 e. The summed E-state index contributed by atoms with van der Waals surface area (Å²) in [5.41, 5.74) is 0. The van der Waals surface area contributed by atoms with Crippen molar-refractivity contribution >= 4 is 9.84 Å². The minimum Gasteiger partial charge on any atom is -0.229 e. The third kappa shape index (κ3) is 5.55. The van der Waals surface area contributed by atoms with Gasteiger partial charge in [0.1, 0.15) is 0 Å². The smallest absolute Gasteiger partial charge is 0.229 e. The zero-order chi connectivity index (χ0) is 21.4. The highest BCUT2D eigenvalue weighted by molar-refractivity contribution is 7.92. The molecule has 2 nitrogen and oxygen atoms in total. The van der Waals surface area contributed by atoms with E-state index in [0.29, 0.717) is 6.92 Å². The van der Waals surface area contributed by atoms with Gasteiger partial charge in [-0.2, -0.15) is 52.7 Å². The van der Waals surface area contributed by atoms with Crippen molar-refractivity contribution in [1.29, 1.82) is 0 Å². The molecule has 26 heavy (non-hydrogen) atoms.